The second kappa shape index (κ2) is 5.84. The minimum absolute atomic E-state index is 0.00455. The normalized spacial score (nSPS) is 57.7. The van der Waals surface area contributed by atoms with Gasteiger partial charge in [-0.25, -0.2) is 4.79 Å². The largest absolute Gasteiger partial charge is 0.451 e. The number of hydrogen-bond acceptors (Lipinski definition) is 9. The number of aromatic amines is 1. The fourth-order valence-electron chi connectivity index (χ4n) is 9.31. The Labute approximate surface area is 202 Å². The van der Waals surface area contributed by atoms with Gasteiger partial charge in [0.25, 0.3) is 0 Å². The molecule has 1 aromatic rings. The molecule has 1 aromatic heterocycles. The van der Waals surface area contributed by atoms with Gasteiger partial charge < -0.3 is 40.0 Å². The Morgan fingerprint density at radius 3 is 2.43 bits per heavy atom. The first-order valence-corrected chi connectivity index (χ1v) is 12.2. The Morgan fingerprint density at radius 2 is 1.86 bits per heavy atom. The quantitative estimate of drug-likeness (QED) is 0.319. The Bertz CT molecular complexity index is 1170. The third-order valence-corrected chi connectivity index (χ3v) is 11.1. The number of ketones is 1. The zero-order chi connectivity index (χ0) is 25.8. The first kappa shape index (κ1) is 23.6. The number of nitrogens with one attached hydrogen (secondary N) is 1. The van der Waals surface area contributed by atoms with Gasteiger partial charge in [0.2, 0.25) is 0 Å². The van der Waals surface area contributed by atoms with Crippen LogP contribution in [0.15, 0.2) is 18.3 Å². The number of aromatic nitrogens is 1. The van der Waals surface area contributed by atoms with Gasteiger partial charge in [-0.2, -0.15) is 0 Å². The van der Waals surface area contributed by atoms with E-state index in [1.807, 2.05) is 0 Å². The van der Waals surface area contributed by atoms with Gasteiger partial charge in [0, 0.05) is 24.0 Å². The minimum atomic E-state index is -2.69. The fourth-order valence-corrected chi connectivity index (χ4v) is 9.31. The fraction of sp³-hybridized carbons (Fsp3) is 0.760. The highest BCUT2D eigenvalue weighted by atomic mass is 16.7. The van der Waals surface area contributed by atoms with Gasteiger partial charge in [-0.05, 0) is 37.8 Å². The molecule has 7 rings (SSSR count). The summed E-state index contributed by atoms with van der Waals surface area (Å²) < 4.78 is 11.9. The lowest BCUT2D eigenvalue weighted by molar-refractivity contribution is -0.369. The number of ether oxygens (including phenoxy) is 2. The van der Waals surface area contributed by atoms with Gasteiger partial charge in [-0.1, -0.05) is 27.7 Å². The van der Waals surface area contributed by atoms with Crippen LogP contribution in [0, 0.1) is 22.7 Å². The Hall–Kier alpha value is -1.82. The maximum absolute atomic E-state index is 13.9. The molecule has 0 amide bonds. The summed E-state index contributed by atoms with van der Waals surface area (Å²) in [6, 6.07) is 3.04. The zero-order valence-corrected chi connectivity index (χ0v) is 20.5. The molecule has 10 atom stereocenters. The van der Waals surface area contributed by atoms with E-state index in [0.717, 1.165) is 0 Å². The molecule has 6 N–H and O–H groups in total. The van der Waals surface area contributed by atoms with Gasteiger partial charge >= 0.3 is 5.97 Å². The monoisotopic (exact) mass is 491 g/mol. The van der Waals surface area contributed by atoms with Gasteiger partial charge in [-0.3, -0.25) is 4.79 Å². The summed E-state index contributed by atoms with van der Waals surface area (Å²) in [6.07, 6.45) is -0.405. The average Bonchev–Trinajstić information content (AvgIpc) is 3.41. The maximum Gasteiger partial charge on any atom is 0.355 e. The summed E-state index contributed by atoms with van der Waals surface area (Å²) in [5.74, 6) is -5.30. The number of Topliss-reactive ketones (excluding diaryl/α,β-unsaturated/α-hetero) is 1. The van der Waals surface area contributed by atoms with Crippen LogP contribution in [0.25, 0.3) is 0 Å². The third kappa shape index (κ3) is 1.70. The van der Waals surface area contributed by atoms with Gasteiger partial charge in [0.05, 0.1) is 5.41 Å². The number of hydrogen-bond donors (Lipinski definition) is 6. The Balaban J connectivity index is 1.70. The molecule has 10 nitrogen and oxygen atoms in total. The van der Waals surface area contributed by atoms with Crippen LogP contribution in [0.2, 0.25) is 0 Å². The highest BCUT2D eigenvalue weighted by Gasteiger charge is 3.10. The van der Waals surface area contributed by atoms with E-state index in [9.17, 15) is 35.1 Å². The van der Waals surface area contributed by atoms with Crippen molar-refractivity contribution in [3.05, 3.63) is 24.0 Å². The molecule has 3 heterocycles. The molecule has 6 aliphatic rings. The van der Waals surface area contributed by atoms with E-state index in [1.54, 1.807) is 26.8 Å². The van der Waals surface area contributed by atoms with Crippen molar-refractivity contribution in [2.75, 3.05) is 0 Å². The predicted octanol–water partition coefficient (Wildman–Crippen LogP) is 0.0206. The molecule has 2 saturated heterocycles. The Morgan fingerprint density at radius 1 is 1.20 bits per heavy atom. The summed E-state index contributed by atoms with van der Waals surface area (Å²) in [6.45, 7) is 7.69. The number of carbonyl (C=O) groups excluding carboxylic acids is 2. The lowest BCUT2D eigenvalue weighted by Gasteiger charge is -2.59. The molecule has 4 saturated carbocycles. The maximum atomic E-state index is 13.9. The molecular weight excluding hydrogens is 458 g/mol. The second-order valence-electron chi connectivity index (χ2n) is 12.2. The van der Waals surface area contributed by atoms with Crippen molar-refractivity contribution in [3.8, 4) is 0 Å². The smallest absolute Gasteiger partial charge is 0.355 e. The minimum Gasteiger partial charge on any atom is -0.451 e. The van der Waals surface area contributed by atoms with E-state index in [2.05, 4.69) is 4.98 Å². The summed E-state index contributed by atoms with van der Waals surface area (Å²) in [7, 11) is 0. The van der Waals surface area contributed by atoms with Gasteiger partial charge in [0.15, 0.2) is 23.3 Å². The molecule has 6 fully saturated rings. The molecule has 4 aliphatic carbocycles. The summed E-state index contributed by atoms with van der Waals surface area (Å²) in [5, 5.41) is 62.1. The van der Waals surface area contributed by atoms with Gasteiger partial charge in [0.1, 0.15) is 28.1 Å². The second-order valence-corrected chi connectivity index (χ2v) is 12.2. The number of carbonyl (C=O) groups is 2. The van der Waals surface area contributed by atoms with Crippen LogP contribution in [0.3, 0.4) is 0 Å². The number of esters is 1. The summed E-state index contributed by atoms with van der Waals surface area (Å²) in [5.41, 5.74) is -15.9. The highest BCUT2D eigenvalue weighted by Crippen LogP contribution is 2.90. The van der Waals surface area contributed by atoms with Crippen molar-refractivity contribution in [1.29, 1.82) is 0 Å². The summed E-state index contributed by atoms with van der Waals surface area (Å²) in [4.78, 5) is 29.8. The highest BCUT2D eigenvalue weighted by molar-refractivity contribution is 5.97. The van der Waals surface area contributed by atoms with Crippen LogP contribution in [-0.4, -0.2) is 82.2 Å². The first-order chi connectivity index (χ1) is 16.0. The molecule has 2 aliphatic heterocycles. The predicted molar refractivity (Wildman–Crippen MR) is 118 cm³/mol. The topological polar surface area (TPSA) is 170 Å². The molecule has 0 unspecified atom stereocenters. The molecule has 0 radical (unpaired) electrons. The molecule has 1 spiro atoms. The first-order valence-electron chi connectivity index (χ1n) is 12.2. The Kier molecular flexibility index (Phi) is 3.93. The van der Waals surface area contributed by atoms with Crippen molar-refractivity contribution in [3.63, 3.8) is 0 Å². The average molecular weight is 492 g/mol. The zero-order valence-electron chi connectivity index (χ0n) is 20.5. The van der Waals surface area contributed by atoms with Crippen LogP contribution in [0.1, 0.15) is 64.4 Å². The number of H-pyrrole nitrogens is 1. The van der Waals surface area contributed by atoms with Crippen molar-refractivity contribution in [1.82, 2.24) is 4.98 Å². The van der Waals surface area contributed by atoms with Crippen molar-refractivity contribution in [2.24, 2.45) is 22.7 Å². The molecule has 6 bridgehead atoms. The van der Waals surface area contributed by atoms with Crippen LogP contribution < -0.4 is 0 Å². The van der Waals surface area contributed by atoms with E-state index in [1.165, 1.54) is 26.1 Å². The number of aliphatic hydroxyl groups is 5. The van der Waals surface area contributed by atoms with Crippen LogP contribution in [0.5, 0.6) is 0 Å². The van der Waals surface area contributed by atoms with E-state index in [-0.39, 0.29) is 25.0 Å². The van der Waals surface area contributed by atoms with Crippen LogP contribution in [0.4, 0.5) is 0 Å². The van der Waals surface area contributed by atoms with Crippen molar-refractivity contribution in [2.45, 2.75) is 93.8 Å². The molecular formula is C25H33NO9. The standard InChI is InChI=1S/C25H33NO9/c1-12(2)22(31)17(34-16(28)14-7-6-10-26-14)23(32)18(4)11-21(30)19(22,5)25(23,33)24(35-21)15(27)13(3)8-9-20(18,24)29/h6-7,10,12-13,17,26,29-33H,8-9,11H2,1-5H3/t13-,17+,18+,19-,20-,21+,22+,23+,24+,25+/m0/s1. The summed E-state index contributed by atoms with van der Waals surface area (Å²) >= 11 is 0. The van der Waals surface area contributed by atoms with E-state index < -0.39 is 74.3 Å². The molecule has 0 aromatic carbocycles. The molecule has 10 heteroatoms. The SMILES string of the molecule is CC(C)[C@@]1(O)[C@@H](OC(=O)c2ccc[nH]2)[C@@]2(O)[C@]3(C)C[C@@]4(O)O[C@@]5(C(=O)[C@@H](C)CC[C@]35O)[C@@]2(O)[C@@]41C. The molecule has 192 valence electrons. The molecule has 35 heavy (non-hydrogen) atoms. The third-order valence-electron chi connectivity index (χ3n) is 11.1. The van der Waals surface area contributed by atoms with Gasteiger partial charge in [-0.15, -0.1) is 0 Å². The lowest BCUT2D eigenvalue weighted by Crippen LogP contribution is -2.73. The van der Waals surface area contributed by atoms with E-state index in [4.69, 9.17) is 9.47 Å². The van der Waals surface area contributed by atoms with E-state index in [0.29, 0.717) is 0 Å². The van der Waals surface area contributed by atoms with Crippen LogP contribution in [-0.2, 0) is 14.3 Å². The van der Waals surface area contributed by atoms with Crippen LogP contribution >= 0.6 is 0 Å². The lowest BCUT2D eigenvalue weighted by atomic mass is 9.52. The van der Waals surface area contributed by atoms with Crippen molar-refractivity contribution >= 4 is 11.8 Å². The van der Waals surface area contributed by atoms with Crippen molar-refractivity contribution < 1.29 is 44.6 Å². The van der Waals surface area contributed by atoms with E-state index >= 15 is 0 Å². The number of rotatable bonds is 3.